The number of aryl methyl sites for hydroxylation is 2. The van der Waals surface area contributed by atoms with Crippen LogP contribution in [0.3, 0.4) is 0 Å². The van der Waals surface area contributed by atoms with Crippen LogP contribution in [-0.2, 0) is 6.54 Å². The van der Waals surface area contributed by atoms with Gasteiger partial charge in [0.2, 0.25) is 0 Å². The van der Waals surface area contributed by atoms with E-state index in [1.165, 1.54) is 0 Å². The number of aromatic nitrogens is 4. The van der Waals surface area contributed by atoms with Crippen molar-refractivity contribution in [1.29, 1.82) is 0 Å². The van der Waals surface area contributed by atoms with E-state index in [1.807, 2.05) is 59.6 Å². The predicted octanol–water partition coefficient (Wildman–Crippen LogP) is 3.14. The van der Waals surface area contributed by atoms with E-state index in [9.17, 15) is 4.79 Å². The Hall–Kier alpha value is -2.89. The number of imidazole rings is 1. The fourth-order valence-electron chi connectivity index (χ4n) is 2.94. The second kappa shape index (κ2) is 7.56. The zero-order valence-electron chi connectivity index (χ0n) is 15.7. The van der Waals surface area contributed by atoms with Crippen molar-refractivity contribution in [3.63, 3.8) is 0 Å². The van der Waals surface area contributed by atoms with Crippen molar-refractivity contribution in [2.75, 3.05) is 0 Å². The Morgan fingerprint density at radius 1 is 1.19 bits per heavy atom. The molecule has 0 radical (unpaired) electrons. The quantitative estimate of drug-likeness (QED) is 0.742. The lowest BCUT2D eigenvalue weighted by Gasteiger charge is -2.23. The summed E-state index contributed by atoms with van der Waals surface area (Å²) in [6, 6.07) is 9.60. The molecular weight excluding hydrogens is 326 g/mol. The van der Waals surface area contributed by atoms with E-state index in [-0.39, 0.29) is 11.9 Å². The monoisotopic (exact) mass is 351 g/mol. The van der Waals surface area contributed by atoms with E-state index in [2.05, 4.69) is 29.2 Å². The molecule has 2 heterocycles. The molecule has 0 unspecified atom stereocenters. The molecule has 3 aromatic rings. The van der Waals surface area contributed by atoms with E-state index in [0.29, 0.717) is 18.0 Å². The van der Waals surface area contributed by atoms with Crippen LogP contribution in [-0.4, -0.2) is 31.3 Å². The van der Waals surface area contributed by atoms with Gasteiger partial charge in [0.25, 0.3) is 5.91 Å². The highest BCUT2D eigenvalue weighted by atomic mass is 16.1. The largest absolute Gasteiger partial charge is 0.347 e. The van der Waals surface area contributed by atoms with Gasteiger partial charge in [-0.3, -0.25) is 4.79 Å². The molecule has 3 rings (SSSR count). The summed E-state index contributed by atoms with van der Waals surface area (Å²) in [5.41, 5.74) is 3.64. The maximum Gasteiger partial charge on any atom is 0.251 e. The Labute approximate surface area is 153 Å². The Bertz CT molecular complexity index is 862. The van der Waals surface area contributed by atoms with Crippen LogP contribution in [0.5, 0.6) is 0 Å². The smallest absolute Gasteiger partial charge is 0.251 e. The maximum atomic E-state index is 12.6. The van der Waals surface area contributed by atoms with Crippen molar-refractivity contribution in [3.05, 3.63) is 66.0 Å². The molecule has 136 valence electrons. The molecule has 0 saturated carbocycles. The lowest BCUT2D eigenvalue weighted by molar-refractivity contribution is 0.0920. The average Bonchev–Trinajstić information content (AvgIpc) is 3.23. The number of carbonyl (C=O) groups excluding carboxylic acids is 1. The van der Waals surface area contributed by atoms with Gasteiger partial charge in [-0.25, -0.2) is 9.67 Å². The van der Waals surface area contributed by atoms with Crippen molar-refractivity contribution < 1.29 is 4.79 Å². The number of nitrogens with one attached hydrogen (secondary N) is 1. The first-order valence-electron chi connectivity index (χ1n) is 8.84. The molecule has 6 nitrogen and oxygen atoms in total. The third-order valence-corrected chi connectivity index (χ3v) is 4.47. The molecule has 0 saturated heterocycles. The molecule has 1 aromatic carbocycles. The van der Waals surface area contributed by atoms with Crippen molar-refractivity contribution in [2.45, 2.75) is 40.3 Å². The number of nitrogens with zero attached hydrogens (tertiary/aromatic N) is 4. The summed E-state index contributed by atoms with van der Waals surface area (Å²) >= 11 is 0. The lowest BCUT2D eigenvalue weighted by Crippen LogP contribution is -2.41. The molecule has 1 amide bonds. The normalized spacial score (nSPS) is 12.3. The highest BCUT2D eigenvalue weighted by Crippen LogP contribution is 2.14. The van der Waals surface area contributed by atoms with Crippen molar-refractivity contribution in [2.24, 2.45) is 5.92 Å². The lowest BCUT2D eigenvalue weighted by atomic mass is 10.0. The summed E-state index contributed by atoms with van der Waals surface area (Å²) < 4.78 is 3.86. The zero-order chi connectivity index (χ0) is 18.7. The molecule has 26 heavy (non-hydrogen) atoms. The molecule has 0 bridgehead atoms. The van der Waals surface area contributed by atoms with Crippen LogP contribution in [0.4, 0.5) is 0 Å². The van der Waals surface area contributed by atoms with Gasteiger partial charge in [0.15, 0.2) is 0 Å². The number of carbonyl (C=O) groups is 1. The number of hydrogen-bond acceptors (Lipinski definition) is 3. The molecule has 0 aliphatic heterocycles. The van der Waals surface area contributed by atoms with Crippen LogP contribution >= 0.6 is 0 Å². The number of hydrogen-bond donors (Lipinski definition) is 1. The van der Waals surface area contributed by atoms with Gasteiger partial charge in [-0.05, 0) is 50.1 Å². The van der Waals surface area contributed by atoms with Crippen LogP contribution < -0.4 is 5.32 Å². The number of rotatable bonds is 6. The molecule has 2 aromatic heterocycles. The molecule has 0 aliphatic rings. The highest BCUT2D eigenvalue weighted by molar-refractivity contribution is 5.94. The first-order chi connectivity index (χ1) is 12.4. The van der Waals surface area contributed by atoms with Crippen LogP contribution in [0.1, 0.15) is 35.6 Å². The van der Waals surface area contributed by atoms with Crippen LogP contribution in [0, 0.1) is 19.8 Å². The summed E-state index contributed by atoms with van der Waals surface area (Å²) in [6.45, 7) is 8.90. The fourth-order valence-corrected chi connectivity index (χ4v) is 2.94. The molecule has 0 fully saturated rings. The molecule has 6 heteroatoms. The van der Waals surface area contributed by atoms with E-state index < -0.39 is 0 Å². The van der Waals surface area contributed by atoms with Crippen LogP contribution in [0.25, 0.3) is 5.69 Å². The van der Waals surface area contributed by atoms with Crippen molar-refractivity contribution in [1.82, 2.24) is 24.6 Å². The van der Waals surface area contributed by atoms with E-state index in [1.54, 1.807) is 12.5 Å². The minimum Gasteiger partial charge on any atom is -0.347 e. The third kappa shape index (κ3) is 4.02. The first-order valence-corrected chi connectivity index (χ1v) is 8.84. The van der Waals surface area contributed by atoms with Gasteiger partial charge >= 0.3 is 0 Å². The van der Waals surface area contributed by atoms with E-state index in [4.69, 9.17) is 0 Å². The van der Waals surface area contributed by atoms with Crippen LogP contribution in [0.15, 0.2) is 49.1 Å². The standard InChI is InChI=1S/C20H25N5O/c1-14(2)19(12-24-10-9-21-13-24)22-20(26)17-5-7-18(8-6-17)25-16(4)11-15(3)23-25/h5-11,13-14,19H,12H2,1-4H3,(H,22,26)/t19-/m0/s1. The minimum absolute atomic E-state index is 0.0346. The Morgan fingerprint density at radius 3 is 2.46 bits per heavy atom. The Morgan fingerprint density at radius 2 is 1.92 bits per heavy atom. The van der Waals surface area contributed by atoms with Gasteiger partial charge in [0.05, 0.1) is 17.7 Å². The highest BCUT2D eigenvalue weighted by Gasteiger charge is 2.18. The van der Waals surface area contributed by atoms with Crippen LogP contribution in [0.2, 0.25) is 0 Å². The summed E-state index contributed by atoms with van der Waals surface area (Å²) in [5.74, 6) is 0.249. The minimum atomic E-state index is -0.0660. The Balaban J connectivity index is 1.71. The van der Waals surface area contributed by atoms with Crippen molar-refractivity contribution in [3.8, 4) is 5.69 Å². The second-order valence-corrected chi connectivity index (χ2v) is 6.97. The van der Waals surface area contributed by atoms with E-state index >= 15 is 0 Å². The number of benzene rings is 1. The van der Waals surface area contributed by atoms with E-state index in [0.717, 1.165) is 17.1 Å². The fraction of sp³-hybridized carbons (Fsp3) is 0.350. The summed E-state index contributed by atoms with van der Waals surface area (Å²) in [4.78, 5) is 16.7. The molecular formula is C20H25N5O. The second-order valence-electron chi connectivity index (χ2n) is 6.97. The molecule has 1 atom stereocenters. The molecule has 1 N–H and O–H groups in total. The molecule has 0 aliphatic carbocycles. The predicted molar refractivity (Wildman–Crippen MR) is 101 cm³/mol. The topological polar surface area (TPSA) is 64.7 Å². The van der Waals surface area contributed by atoms with Gasteiger partial charge < -0.3 is 9.88 Å². The van der Waals surface area contributed by atoms with Crippen molar-refractivity contribution >= 4 is 5.91 Å². The average molecular weight is 351 g/mol. The van der Waals surface area contributed by atoms with Gasteiger partial charge in [0, 0.05) is 36.2 Å². The number of amides is 1. The molecule has 0 spiro atoms. The van der Waals surface area contributed by atoms with Gasteiger partial charge in [0.1, 0.15) is 0 Å². The first kappa shape index (κ1) is 17.9. The maximum absolute atomic E-state index is 12.6. The summed E-state index contributed by atoms with van der Waals surface area (Å²) in [7, 11) is 0. The zero-order valence-corrected chi connectivity index (χ0v) is 15.7. The van der Waals surface area contributed by atoms with Gasteiger partial charge in [-0.1, -0.05) is 13.8 Å². The van der Waals surface area contributed by atoms with Gasteiger partial charge in [-0.2, -0.15) is 5.10 Å². The van der Waals surface area contributed by atoms with Gasteiger partial charge in [-0.15, -0.1) is 0 Å². The SMILES string of the molecule is Cc1cc(C)n(-c2ccc(C(=O)N[C@@H](Cn3ccnc3)C(C)C)cc2)n1. The Kier molecular flexibility index (Phi) is 5.21. The summed E-state index contributed by atoms with van der Waals surface area (Å²) in [6.07, 6.45) is 5.42. The third-order valence-electron chi connectivity index (χ3n) is 4.47. The summed E-state index contributed by atoms with van der Waals surface area (Å²) in [5, 5.41) is 7.61.